The van der Waals surface area contributed by atoms with E-state index in [4.69, 9.17) is 4.74 Å². The van der Waals surface area contributed by atoms with Crippen molar-refractivity contribution in [2.75, 3.05) is 40.8 Å². The molecular formula is C18H29N3O2. The lowest BCUT2D eigenvalue weighted by Gasteiger charge is -2.42. The number of carbonyl (C=O) groups is 1. The van der Waals surface area contributed by atoms with Gasteiger partial charge in [-0.15, -0.1) is 0 Å². The molecule has 0 aliphatic carbocycles. The fourth-order valence-electron chi connectivity index (χ4n) is 3.06. The number of hydrogen-bond acceptors (Lipinski definition) is 4. The summed E-state index contributed by atoms with van der Waals surface area (Å²) in [6.07, 6.45) is 0. The van der Waals surface area contributed by atoms with Gasteiger partial charge in [0.1, 0.15) is 5.75 Å². The Morgan fingerprint density at radius 3 is 2.65 bits per heavy atom. The zero-order valence-corrected chi connectivity index (χ0v) is 15.0. The first-order valence-corrected chi connectivity index (χ1v) is 8.22. The van der Waals surface area contributed by atoms with Gasteiger partial charge in [0.25, 0.3) is 0 Å². The minimum atomic E-state index is 0.152. The lowest BCUT2D eigenvalue weighted by atomic mass is 10.1. The van der Waals surface area contributed by atoms with E-state index in [1.54, 1.807) is 12.0 Å². The smallest absolute Gasteiger partial charge is 0.236 e. The molecule has 2 rings (SSSR count). The van der Waals surface area contributed by atoms with Crippen molar-refractivity contribution in [1.82, 2.24) is 14.7 Å². The van der Waals surface area contributed by atoms with Crippen molar-refractivity contribution < 1.29 is 9.53 Å². The van der Waals surface area contributed by atoms with Gasteiger partial charge in [0.2, 0.25) is 5.91 Å². The molecule has 0 N–H and O–H groups in total. The summed E-state index contributed by atoms with van der Waals surface area (Å²) in [5.74, 6) is 0.980. The molecule has 128 valence electrons. The Kier molecular flexibility index (Phi) is 6.02. The van der Waals surface area contributed by atoms with Gasteiger partial charge in [-0.3, -0.25) is 9.69 Å². The molecule has 23 heavy (non-hydrogen) atoms. The maximum Gasteiger partial charge on any atom is 0.236 e. The quantitative estimate of drug-likeness (QED) is 0.827. The second kappa shape index (κ2) is 7.79. The zero-order valence-electron chi connectivity index (χ0n) is 15.0. The van der Waals surface area contributed by atoms with Gasteiger partial charge < -0.3 is 14.5 Å². The SMILES string of the molecule is COc1ccccc1CN(C)C(=O)CN1C[C@H](C)N(C)C[C@H]1C. The monoisotopic (exact) mass is 319 g/mol. The van der Waals surface area contributed by atoms with E-state index in [2.05, 4.69) is 30.7 Å². The van der Waals surface area contributed by atoms with E-state index in [0.717, 1.165) is 24.4 Å². The van der Waals surface area contributed by atoms with Crippen LogP contribution in [-0.4, -0.2) is 73.5 Å². The van der Waals surface area contributed by atoms with E-state index in [1.807, 2.05) is 31.3 Å². The number of para-hydroxylation sites is 1. The summed E-state index contributed by atoms with van der Waals surface area (Å²) in [6.45, 7) is 7.39. The van der Waals surface area contributed by atoms with E-state index in [1.165, 1.54) is 0 Å². The first kappa shape index (κ1) is 17.8. The number of methoxy groups -OCH3 is 1. The van der Waals surface area contributed by atoms with Crippen molar-refractivity contribution >= 4 is 5.91 Å². The molecular weight excluding hydrogens is 290 g/mol. The molecule has 5 heteroatoms. The van der Waals surface area contributed by atoms with Gasteiger partial charge in [-0.2, -0.15) is 0 Å². The second-order valence-corrected chi connectivity index (χ2v) is 6.63. The van der Waals surface area contributed by atoms with Crippen molar-refractivity contribution in [3.8, 4) is 5.75 Å². The average molecular weight is 319 g/mol. The lowest BCUT2D eigenvalue weighted by molar-refractivity contribution is -0.133. The maximum absolute atomic E-state index is 12.6. The summed E-state index contributed by atoms with van der Waals surface area (Å²) in [5, 5.41) is 0. The molecule has 0 aromatic heterocycles. The third-order valence-corrected chi connectivity index (χ3v) is 4.79. The van der Waals surface area contributed by atoms with Crippen LogP contribution in [-0.2, 0) is 11.3 Å². The normalized spacial score (nSPS) is 22.8. The lowest BCUT2D eigenvalue weighted by Crippen LogP contribution is -2.56. The van der Waals surface area contributed by atoms with Crippen LogP contribution in [0.4, 0.5) is 0 Å². The average Bonchev–Trinajstić information content (AvgIpc) is 2.53. The molecule has 0 spiro atoms. The molecule has 1 fully saturated rings. The minimum Gasteiger partial charge on any atom is -0.496 e. The van der Waals surface area contributed by atoms with Crippen molar-refractivity contribution in [2.24, 2.45) is 0 Å². The highest BCUT2D eigenvalue weighted by atomic mass is 16.5. The van der Waals surface area contributed by atoms with Crippen LogP contribution in [0.1, 0.15) is 19.4 Å². The number of hydrogen-bond donors (Lipinski definition) is 0. The molecule has 2 atom stereocenters. The van der Waals surface area contributed by atoms with E-state index in [0.29, 0.717) is 25.2 Å². The zero-order chi connectivity index (χ0) is 17.0. The van der Waals surface area contributed by atoms with Crippen molar-refractivity contribution in [1.29, 1.82) is 0 Å². The second-order valence-electron chi connectivity index (χ2n) is 6.63. The maximum atomic E-state index is 12.6. The summed E-state index contributed by atoms with van der Waals surface area (Å²) >= 11 is 0. The van der Waals surface area contributed by atoms with Gasteiger partial charge in [-0.05, 0) is 27.0 Å². The predicted molar refractivity (Wildman–Crippen MR) is 92.6 cm³/mol. The molecule has 1 saturated heterocycles. The van der Waals surface area contributed by atoms with E-state index in [9.17, 15) is 4.79 Å². The Bertz CT molecular complexity index is 535. The molecule has 5 nitrogen and oxygen atoms in total. The van der Waals surface area contributed by atoms with Crippen LogP contribution in [0.15, 0.2) is 24.3 Å². The van der Waals surface area contributed by atoms with Gasteiger partial charge in [0.15, 0.2) is 0 Å². The molecule has 0 unspecified atom stereocenters. The van der Waals surface area contributed by atoms with Crippen LogP contribution in [0.2, 0.25) is 0 Å². The third kappa shape index (κ3) is 4.45. The van der Waals surface area contributed by atoms with E-state index < -0.39 is 0 Å². The first-order valence-electron chi connectivity index (χ1n) is 8.22. The largest absolute Gasteiger partial charge is 0.496 e. The van der Waals surface area contributed by atoms with Crippen molar-refractivity contribution in [3.63, 3.8) is 0 Å². The molecule has 0 bridgehead atoms. The van der Waals surface area contributed by atoms with Crippen molar-refractivity contribution in [2.45, 2.75) is 32.5 Å². The number of rotatable bonds is 5. The summed E-state index contributed by atoms with van der Waals surface area (Å²) in [5.41, 5.74) is 1.03. The Morgan fingerprint density at radius 2 is 1.96 bits per heavy atom. The summed E-state index contributed by atoms with van der Waals surface area (Å²) in [7, 11) is 5.67. The number of amides is 1. The highest BCUT2D eigenvalue weighted by molar-refractivity contribution is 5.78. The standard InChI is InChI=1S/C18H29N3O2/c1-14-11-21(15(2)10-19(14)3)13-18(22)20(4)12-16-8-6-7-9-17(16)23-5/h6-9,14-15H,10-13H2,1-5H3/t14-,15+/m0/s1. The highest BCUT2D eigenvalue weighted by Gasteiger charge is 2.28. The summed E-state index contributed by atoms with van der Waals surface area (Å²) in [6, 6.07) is 8.73. The van der Waals surface area contributed by atoms with Crippen LogP contribution in [0.3, 0.4) is 0 Å². The number of ether oxygens (including phenoxy) is 1. The number of carbonyl (C=O) groups excluding carboxylic acids is 1. The van der Waals surface area contributed by atoms with Gasteiger partial charge in [-0.25, -0.2) is 0 Å². The topological polar surface area (TPSA) is 36.0 Å². The molecule has 0 radical (unpaired) electrons. The Hall–Kier alpha value is -1.59. The molecule has 1 aromatic rings. The van der Waals surface area contributed by atoms with Gasteiger partial charge in [0, 0.05) is 44.3 Å². The fraction of sp³-hybridized carbons (Fsp3) is 0.611. The predicted octanol–water partition coefficient (Wildman–Crippen LogP) is 1.68. The highest BCUT2D eigenvalue weighted by Crippen LogP contribution is 2.19. The molecule has 0 saturated carbocycles. The Balaban J connectivity index is 1.95. The molecule has 1 heterocycles. The third-order valence-electron chi connectivity index (χ3n) is 4.79. The molecule has 1 amide bonds. The van der Waals surface area contributed by atoms with Gasteiger partial charge in [0.05, 0.1) is 13.7 Å². The van der Waals surface area contributed by atoms with Crippen LogP contribution < -0.4 is 4.74 Å². The Morgan fingerprint density at radius 1 is 1.26 bits per heavy atom. The number of benzene rings is 1. The molecule has 1 aromatic carbocycles. The van der Waals surface area contributed by atoms with E-state index in [-0.39, 0.29) is 5.91 Å². The summed E-state index contributed by atoms with van der Waals surface area (Å²) in [4.78, 5) is 19.0. The van der Waals surface area contributed by atoms with Crippen LogP contribution in [0, 0.1) is 0 Å². The first-order chi connectivity index (χ1) is 10.9. The van der Waals surface area contributed by atoms with Crippen LogP contribution in [0.5, 0.6) is 5.75 Å². The van der Waals surface area contributed by atoms with Gasteiger partial charge >= 0.3 is 0 Å². The fourth-order valence-corrected chi connectivity index (χ4v) is 3.06. The minimum absolute atomic E-state index is 0.152. The van der Waals surface area contributed by atoms with E-state index >= 15 is 0 Å². The Labute approximate surface area is 139 Å². The molecule has 1 aliphatic heterocycles. The van der Waals surface area contributed by atoms with Crippen molar-refractivity contribution in [3.05, 3.63) is 29.8 Å². The summed E-state index contributed by atoms with van der Waals surface area (Å²) < 4.78 is 5.36. The number of nitrogens with zero attached hydrogens (tertiary/aromatic N) is 3. The number of piperazine rings is 1. The molecule has 1 aliphatic rings. The van der Waals surface area contributed by atoms with Crippen LogP contribution >= 0.6 is 0 Å². The van der Waals surface area contributed by atoms with Crippen LogP contribution in [0.25, 0.3) is 0 Å². The van der Waals surface area contributed by atoms with Gasteiger partial charge in [-0.1, -0.05) is 18.2 Å². The number of likely N-dealkylation sites (N-methyl/N-ethyl adjacent to an activating group) is 2.